The second kappa shape index (κ2) is 7.34. The van der Waals surface area contributed by atoms with E-state index in [1.54, 1.807) is 0 Å². The van der Waals surface area contributed by atoms with Crippen molar-refractivity contribution in [3.8, 4) is 5.75 Å². The van der Waals surface area contributed by atoms with Crippen molar-refractivity contribution < 1.29 is 4.74 Å². The van der Waals surface area contributed by atoms with Crippen LogP contribution in [0.3, 0.4) is 0 Å². The molecule has 5 heteroatoms. The Morgan fingerprint density at radius 3 is 2.86 bits per heavy atom. The summed E-state index contributed by atoms with van der Waals surface area (Å²) in [6.45, 7) is 2.18. The minimum absolute atomic E-state index is 0. The zero-order valence-corrected chi connectivity index (χ0v) is 14.4. The highest BCUT2D eigenvalue weighted by Gasteiger charge is 2.25. The van der Waals surface area contributed by atoms with Crippen LogP contribution in [0, 0.1) is 0 Å². The number of benzene rings is 1. The Labute approximate surface area is 138 Å². The predicted octanol–water partition coefficient (Wildman–Crippen LogP) is 3.80. The van der Waals surface area contributed by atoms with Crippen molar-refractivity contribution in [3.63, 3.8) is 0 Å². The fourth-order valence-electron chi connectivity index (χ4n) is 3.41. The number of aromatic nitrogens is 2. The molecule has 0 radical (unpaired) electrons. The molecule has 1 aromatic carbocycles. The van der Waals surface area contributed by atoms with Gasteiger partial charge in [-0.05, 0) is 58.3 Å². The number of H-pyrrole nitrogens is 1. The lowest BCUT2D eigenvalue weighted by molar-refractivity contribution is 0.0997. The molecule has 1 aliphatic rings. The summed E-state index contributed by atoms with van der Waals surface area (Å²) in [5.41, 5.74) is 2.36. The van der Waals surface area contributed by atoms with Gasteiger partial charge in [0.1, 0.15) is 11.9 Å². The van der Waals surface area contributed by atoms with Crippen LogP contribution in [-0.2, 0) is 6.42 Å². The first-order valence-corrected chi connectivity index (χ1v) is 7.97. The summed E-state index contributed by atoms with van der Waals surface area (Å²) < 4.78 is 6.37. The fraction of sp³-hybridized carbons (Fsp3) is 0.588. The molecule has 122 valence electrons. The summed E-state index contributed by atoms with van der Waals surface area (Å²) in [6.07, 6.45) is 8.04. The molecule has 1 saturated carbocycles. The minimum Gasteiger partial charge on any atom is -0.490 e. The molecule has 1 heterocycles. The van der Waals surface area contributed by atoms with Crippen LogP contribution < -0.4 is 4.74 Å². The first-order chi connectivity index (χ1) is 10.2. The van der Waals surface area contributed by atoms with Crippen molar-refractivity contribution in [3.05, 3.63) is 23.9 Å². The maximum absolute atomic E-state index is 6.37. The number of rotatable bonds is 4. The van der Waals surface area contributed by atoms with Gasteiger partial charge >= 0.3 is 0 Å². The Morgan fingerprint density at radius 1 is 1.32 bits per heavy atom. The SMILES string of the molecule is CCc1c(O[C@@H]2CCC[C@@H](N(C)C)C2)ccc2[nH]ncc12.Cl. The van der Waals surface area contributed by atoms with E-state index in [0.29, 0.717) is 12.1 Å². The Kier molecular flexibility index (Phi) is 5.70. The van der Waals surface area contributed by atoms with Crippen LogP contribution in [0.4, 0.5) is 0 Å². The monoisotopic (exact) mass is 323 g/mol. The molecule has 0 bridgehead atoms. The number of aryl methyl sites for hydroxylation is 1. The highest BCUT2D eigenvalue weighted by Crippen LogP contribution is 2.31. The number of nitrogens with zero attached hydrogens (tertiary/aromatic N) is 2. The molecular formula is C17H26ClN3O. The van der Waals surface area contributed by atoms with Gasteiger partial charge in [-0.25, -0.2) is 0 Å². The molecule has 22 heavy (non-hydrogen) atoms. The number of hydrogen-bond donors (Lipinski definition) is 1. The number of halogens is 1. The van der Waals surface area contributed by atoms with Gasteiger partial charge in [0.2, 0.25) is 0 Å². The molecule has 1 aliphatic carbocycles. The van der Waals surface area contributed by atoms with Gasteiger partial charge in [0, 0.05) is 17.0 Å². The molecule has 2 aromatic rings. The van der Waals surface area contributed by atoms with E-state index in [-0.39, 0.29) is 12.4 Å². The normalized spacial score (nSPS) is 21.8. The third kappa shape index (κ3) is 3.39. The van der Waals surface area contributed by atoms with E-state index in [1.807, 2.05) is 6.20 Å². The lowest BCUT2D eigenvalue weighted by Crippen LogP contribution is -2.37. The van der Waals surface area contributed by atoms with Crippen LogP contribution in [0.5, 0.6) is 5.75 Å². The van der Waals surface area contributed by atoms with Crippen LogP contribution in [0.25, 0.3) is 10.9 Å². The maximum Gasteiger partial charge on any atom is 0.123 e. The maximum atomic E-state index is 6.37. The van der Waals surface area contributed by atoms with Crippen LogP contribution in [0.1, 0.15) is 38.2 Å². The summed E-state index contributed by atoms with van der Waals surface area (Å²) in [7, 11) is 4.34. The van der Waals surface area contributed by atoms with Crippen LogP contribution in [0.15, 0.2) is 18.3 Å². The minimum atomic E-state index is 0. The zero-order chi connectivity index (χ0) is 14.8. The van der Waals surface area contributed by atoms with Crippen LogP contribution >= 0.6 is 12.4 Å². The number of aromatic amines is 1. The lowest BCUT2D eigenvalue weighted by Gasteiger charge is -2.33. The molecule has 4 nitrogen and oxygen atoms in total. The number of ether oxygens (including phenoxy) is 1. The Bertz CT molecular complexity index is 611. The van der Waals surface area contributed by atoms with Gasteiger partial charge in [0.15, 0.2) is 0 Å². The van der Waals surface area contributed by atoms with Crippen molar-refractivity contribution in [2.75, 3.05) is 14.1 Å². The van der Waals surface area contributed by atoms with E-state index in [0.717, 1.165) is 30.5 Å². The van der Waals surface area contributed by atoms with E-state index in [1.165, 1.54) is 23.8 Å². The molecule has 0 aliphatic heterocycles. The summed E-state index contributed by atoms with van der Waals surface area (Å²) in [4.78, 5) is 2.33. The molecule has 0 unspecified atom stereocenters. The molecule has 1 fully saturated rings. The van der Waals surface area contributed by atoms with Gasteiger partial charge in [0.05, 0.1) is 11.7 Å². The second-order valence-electron chi connectivity index (χ2n) is 6.25. The number of nitrogens with one attached hydrogen (secondary N) is 1. The fourth-order valence-corrected chi connectivity index (χ4v) is 3.41. The van der Waals surface area contributed by atoms with Crippen molar-refractivity contribution in [2.45, 2.75) is 51.2 Å². The van der Waals surface area contributed by atoms with Gasteiger partial charge < -0.3 is 9.64 Å². The summed E-state index contributed by atoms with van der Waals surface area (Å²) in [5.74, 6) is 1.04. The summed E-state index contributed by atoms with van der Waals surface area (Å²) in [6, 6.07) is 4.81. The first kappa shape index (κ1) is 17.1. The third-order valence-corrected chi connectivity index (χ3v) is 4.67. The molecule has 2 atom stereocenters. The highest BCUT2D eigenvalue weighted by atomic mass is 35.5. The first-order valence-electron chi connectivity index (χ1n) is 7.97. The largest absolute Gasteiger partial charge is 0.490 e. The van der Waals surface area contributed by atoms with Crippen molar-refractivity contribution in [2.24, 2.45) is 0 Å². The third-order valence-electron chi connectivity index (χ3n) is 4.67. The molecular weight excluding hydrogens is 298 g/mol. The van der Waals surface area contributed by atoms with Gasteiger partial charge in [-0.2, -0.15) is 5.10 Å². The van der Waals surface area contributed by atoms with Crippen molar-refractivity contribution in [1.82, 2.24) is 15.1 Å². The van der Waals surface area contributed by atoms with E-state index in [4.69, 9.17) is 4.74 Å². The second-order valence-corrected chi connectivity index (χ2v) is 6.25. The van der Waals surface area contributed by atoms with E-state index in [9.17, 15) is 0 Å². The zero-order valence-electron chi connectivity index (χ0n) is 13.6. The van der Waals surface area contributed by atoms with E-state index < -0.39 is 0 Å². The Morgan fingerprint density at radius 2 is 2.14 bits per heavy atom. The van der Waals surface area contributed by atoms with Crippen molar-refractivity contribution in [1.29, 1.82) is 0 Å². The van der Waals surface area contributed by atoms with Gasteiger partial charge in [-0.1, -0.05) is 6.92 Å². The quantitative estimate of drug-likeness (QED) is 0.930. The molecule has 0 spiro atoms. The van der Waals surface area contributed by atoms with Crippen LogP contribution in [0.2, 0.25) is 0 Å². The molecule has 1 aromatic heterocycles. The topological polar surface area (TPSA) is 41.1 Å². The standard InChI is InChI=1S/C17H25N3O.ClH/c1-4-14-15-11-18-19-16(15)8-9-17(14)21-13-7-5-6-12(10-13)20(2)3;/h8-9,11-13H,4-7,10H2,1-3H3,(H,18,19);1H/t12-,13-;/m1./s1. The number of fused-ring (bicyclic) bond motifs is 1. The van der Waals surface area contributed by atoms with Gasteiger partial charge in [0.25, 0.3) is 0 Å². The molecule has 0 amide bonds. The number of hydrogen-bond acceptors (Lipinski definition) is 3. The Balaban J connectivity index is 0.00000176. The average Bonchev–Trinajstić information content (AvgIpc) is 2.96. The summed E-state index contributed by atoms with van der Waals surface area (Å²) in [5, 5.41) is 8.37. The smallest absolute Gasteiger partial charge is 0.123 e. The molecule has 1 N–H and O–H groups in total. The summed E-state index contributed by atoms with van der Waals surface area (Å²) >= 11 is 0. The van der Waals surface area contributed by atoms with Crippen LogP contribution in [-0.4, -0.2) is 41.3 Å². The Hall–Kier alpha value is -1.26. The highest BCUT2D eigenvalue weighted by molar-refractivity contribution is 5.85. The average molecular weight is 324 g/mol. The van der Waals surface area contributed by atoms with Gasteiger partial charge in [-0.15, -0.1) is 12.4 Å². The van der Waals surface area contributed by atoms with E-state index >= 15 is 0 Å². The lowest BCUT2D eigenvalue weighted by atomic mass is 9.92. The predicted molar refractivity (Wildman–Crippen MR) is 93.1 cm³/mol. The molecule has 0 saturated heterocycles. The molecule has 3 rings (SSSR count). The van der Waals surface area contributed by atoms with E-state index in [2.05, 4.69) is 48.2 Å². The van der Waals surface area contributed by atoms with Gasteiger partial charge in [-0.3, -0.25) is 5.10 Å². The van der Waals surface area contributed by atoms with Crippen molar-refractivity contribution >= 4 is 23.3 Å².